The molecule has 0 amide bonds. The summed E-state index contributed by atoms with van der Waals surface area (Å²) in [6, 6.07) is 8.57. The number of nitrogens with zero attached hydrogens (tertiary/aromatic N) is 5. The second kappa shape index (κ2) is 7.43. The summed E-state index contributed by atoms with van der Waals surface area (Å²) in [6.45, 7) is 6.77. The Kier molecular flexibility index (Phi) is 4.85. The lowest BCUT2D eigenvalue weighted by molar-refractivity contribution is 0.246. The quantitative estimate of drug-likeness (QED) is 0.854. The van der Waals surface area contributed by atoms with E-state index in [1.54, 1.807) is 0 Å². The molecule has 26 heavy (non-hydrogen) atoms. The zero-order valence-corrected chi connectivity index (χ0v) is 15.4. The summed E-state index contributed by atoms with van der Waals surface area (Å²) >= 11 is 0. The van der Waals surface area contributed by atoms with Gasteiger partial charge in [-0.15, -0.1) is 0 Å². The first kappa shape index (κ1) is 17.0. The molecule has 2 aromatic rings. The van der Waals surface area contributed by atoms with Gasteiger partial charge in [0.1, 0.15) is 11.9 Å². The van der Waals surface area contributed by atoms with Gasteiger partial charge in [0.15, 0.2) is 0 Å². The second-order valence-corrected chi connectivity index (χ2v) is 7.31. The molecular weight excluding hydrogens is 322 g/mol. The van der Waals surface area contributed by atoms with Crippen molar-refractivity contribution in [1.82, 2.24) is 14.9 Å². The van der Waals surface area contributed by atoms with Gasteiger partial charge in [-0.05, 0) is 55.9 Å². The minimum Gasteiger partial charge on any atom is -0.353 e. The van der Waals surface area contributed by atoms with E-state index in [-0.39, 0.29) is 0 Å². The fourth-order valence-corrected chi connectivity index (χ4v) is 3.96. The number of nitriles is 1. The number of rotatable bonds is 3. The molecule has 1 saturated heterocycles. The molecule has 3 heterocycles. The molecule has 0 bridgehead atoms. The Balaban J connectivity index is 1.46. The van der Waals surface area contributed by atoms with Gasteiger partial charge in [-0.25, -0.2) is 4.98 Å². The van der Waals surface area contributed by atoms with Crippen molar-refractivity contribution < 1.29 is 0 Å². The molecule has 0 radical (unpaired) electrons. The maximum Gasteiger partial charge on any atom is 0.146 e. The van der Waals surface area contributed by atoms with Gasteiger partial charge in [0.2, 0.25) is 0 Å². The van der Waals surface area contributed by atoms with Gasteiger partial charge in [-0.3, -0.25) is 9.88 Å². The van der Waals surface area contributed by atoms with Crippen LogP contribution in [-0.2, 0) is 19.4 Å². The number of hydrogen-bond acceptors (Lipinski definition) is 5. The minimum atomic E-state index is 0.736. The zero-order chi connectivity index (χ0) is 17.9. The summed E-state index contributed by atoms with van der Waals surface area (Å²) in [4.78, 5) is 14.1. The van der Waals surface area contributed by atoms with E-state index < -0.39 is 0 Å². The molecule has 0 spiro atoms. The van der Waals surface area contributed by atoms with Gasteiger partial charge in [-0.2, -0.15) is 5.26 Å². The van der Waals surface area contributed by atoms with Crippen LogP contribution in [0.1, 0.15) is 40.9 Å². The number of aryl methyl sites for hydroxylation is 3. The van der Waals surface area contributed by atoms with Crippen molar-refractivity contribution in [2.24, 2.45) is 0 Å². The van der Waals surface area contributed by atoms with Crippen LogP contribution >= 0.6 is 0 Å². The van der Waals surface area contributed by atoms with E-state index in [1.807, 2.05) is 12.3 Å². The van der Waals surface area contributed by atoms with Crippen molar-refractivity contribution in [2.45, 2.75) is 39.2 Å². The first-order valence-electron chi connectivity index (χ1n) is 9.55. The first-order valence-corrected chi connectivity index (χ1v) is 9.55. The fraction of sp³-hybridized carbons (Fsp3) is 0.476. The average Bonchev–Trinajstić information content (AvgIpc) is 2.69. The predicted molar refractivity (Wildman–Crippen MR) is 102 cm³/mol. The monoisotopic (exact) mass is 347 g/mol. The third-order valence-electron chi connectivity index (χ3n) is 5.56. The number of fused-ring (bicyclic) bond motifs is 1. The topological polar surface area (TPSA) is 56.1 Å². The highest BCUT2D eigenvalue weighted by molar-refractivity contribution is 5.56. The number of piperazine rings is 1. The lowest BCUT2D eigenvalue weighted by Crippen LogP contribution is -2.46. The largest absolute Gasteiger partial charge is 0.353 e. The fourth-order valence-electron chi connectivity index (χ4n) is 3.96. The lowest BCUT2D eigenvalue weighted by atomic mass is 9.95. The molecule has 1 fully saturated rings. The van der Waals surface area contributed by atoms with Crippen LogP contribution in [0, 0.1) is 18.3 Å². The van der Waals surface area contributed by atoms with Crippen LogP contribution in [0.2, 0.25) is 0 Å². The Bertz CT molecular complexity index is 831. The molecule has 4 rings (SSSR count). The lowest BCUT2D eigenvalue weighted by Gasteiger charge is -2.36. The summed E-state index contributed by atoms with van der Waals surface area (Å²) in [7, 11) is 0. The van der Waals surface area contributed by atoms with Crippen LogP contribution in [0.3, 0.4) is 0 Å². The van der Waals surface area contributed by atoms with Crippen molar-refractivity contribution in [2.75, 3.05) is 31.1 Å². The summed E-state index contributed by atoms with van der Waals surface area (Å²) in [5.41, 5.74) is 5.63. The molecule has 134 valence electrons. The van der Waals surface area contributed by atoms with Gasteiger partial charge in [-0.1, -0.05) is 6.07 Å². The van der Waals surface area contributed by atoms with E-state index in [0.717, 1.165) is 62.6 Å². The molecule has 2 aliphatic rings. The summed E-state index contributed by atoms with van der Waals surface area (Å²) in [6.07, 6.45) is 6.41. The molecule has 5 heteroatoms. The molecular formula is C21H25N5. The van der Waals surface area contributed by atoms with E-state index in [9.17, 15) is 5.26 Å². The molecule has 0 saturated carbocycles. The van der Waals surface area contributed by atoms with Crippen LogP contribution in [0.4, 0.5) is 5.82 Å². The van der Waals surface area contributed by atoms with Crippen molar-refractivity contribution in [3.05, 3.63) is 52.5 Å². The second-order valence-electron chi connectivity index (χ2n) is 7.31. The Hall–Kier alpha value is -2.45. The summed E-state index contributed by atoms with van der Waals surface area (Å²) in [5, 5.41) is 9.59. The average molecular weight is 347 g/mol. The highest BCUT2D eigenvalue weighted by atomic mass is 15.3. The normalized spacial score (nSPS) is 17.6. The first-order chi connectivity index (χ1) is 12.7. The summed E-state index contributed by atoms with van der Waals surface area (Å²) < 4.78 is 0. The zero-order valence-electron chi connectivity index (χ0n) is 15.4. The maximum absolute atomic E-state index is 9.59. The highest BCUT2D eigenvalue weighted by Gasteiger charge is 2.23. The van der Waals surface area contributed by atoms with E-state index in [0.29, 0.717) is 0 Å². The van der Waals surface area contributed by atoms with E-state index in [4.69, 9.17) is 4.98 Å². The van der Waals surface area contributed by atoms with E-state index >= 15 is 0 Å². The summed E-state index contributed by atoms with van der Waals surface area (Å²) in [5.74, 6) is 0.891. The smallest absolute Gasteiger partial charge is 0.146 e. The van der Waals surface area contributed by atoms with Crippen LogP contribution < -0.4 is 4.90 Å². The molecule has 0 atom stereocenters. The van der Waals surface area contributed by atoms with Crippen LogP contribution in [0.25, 0.3) is 0 Å². The van der Waals surface area contributed by atoms with Crippen molar-refractivity contribution in [3.8, 4) is 6.07 Å². The Labute approximate surface area is 155 Å². The molecule has 0 unspecified atom stereocenters. The van der Waals surface area contributed by atoms with Gasteiger partial charge in [0, 0.05) is 44.6 Å². The molecule has 2 aromatic heterocycles. The molecule has 1 aliphatic carbocycles. The Morgan fingerprint density at radius 2 is 1.96 bits per heavy atom. The third kappa shape index (κ3) is 3.42. The maximum atomic E-state index is 9.59. The number of aromatic nitrogens is 2. The van der Waals surface area contributed by atoms with Crippen molar-refractivity contribution in [1.29, 1.82) is 5.26 Å². The molecule has 0 aromatic carbocycles. The van der Waals surface area contributed by atoms with Crippen LogP contribution in [0.5, 0.6) is 0 Å². The van der Waals surface area contributed by atoms with Crippen molar-refractivity contribution in [3.63, 3.8) is 0 Å². The SMILES string of the molecule is Cc1cccnc1CN1CCN(c2nc3c(cc2C#N)CCCC3)CC1. The van der Waals surface area contributed by atoms with Crippen LogP contribution in [0.15, 0.2) is 24.4 Å². The van der Waals surface area contributed by atoms with Gasteiger partial charge < -0.3 is 4.90 Å². The van der Waals surface area contributed by atoms with Gasteiger partial charge >= 0.3 is 0 Å². The third-order valence-corrected chi connectivity index (χ3v) is 5.56. The Morgan fingerprint density at radius 3 is 2.73 bits per heavy atom. The number of anilines is 1. The predicted octanol–water partition coefficient (Wildman–Crippen LogP) is 2.86. The molecule has 0 N–H and O–H groups in total. The minimum absolute atomic E-state index is 0.736. The van der Waals surface area contributed by atoms with E-state index in [2.05, 4.69) is 39.9 Å². The van der Waals surface area contributed by atoms with E-state index in [1.165, 1.54) is 29.7 Å². The van der Waals surface area contributed by atoms with Crippen LogP contribution in [-0.4, -0.2) is 41.0 Å². The highest BCUT2D eigenvalue weighted by Crippen LogP contribution is 2.27. The number of hydrogen-bond donors (Lipinski definition) is 0. The van der Waals surface area contributed by atoms with Gasteiger partial charge in [0.05, 0.1) is 11.3 Å². The number of pyridine rings is 2. The Morgan fingerprint density at radius 1 is 1.15 bits per heavy atom. The molecule has 1 aliphatic heterocycles. The standard InChI is InChI=1S/C21H25N5/c1-16-5-4-8-23-20(16)15-25-9-11-26(12-10-25)21-18(14-22)13-17-6-2-3-7-19(17)24-21/h4-5,8,13H,2-3,6-7,9-12,15H2,1H3. The molecule has 5 nitrogen and oxygen atoms in total. The van der Waals surface area contributed by atoms with Crippen molar-refractivity contribution >= 4 is 5.82 Å². The van der Waals surface area contributed by atoms with Gasteiger partial charge in [0.25, 0.3) is 0 Å².